The summed E-state index contributed by atoms with van der Waals surface area (Å²) in [5.74, 6) is 0.159. The van der Waals surface area contributed by atoms with Gasteiger partial charge in [0.25, 0.3) is 0 Å². The monoisotopic (exact) mass is 250 g/mol. The average Bonchev–Trinajstić information content (AvgIpc) is 2.33. The lowest BCUT2D eigenvalue weighted by Crippen LogP contribution is -2.37. The van der Waals surface area contributed by atoms with Crippen molar-refractivity contribution >= 4 is 16.6 Å². The normalized spacial score (nSPS) is 25.5. The van der Waals surface area contributed by atoms with Crippen LogP contribution < -0.4 is 0 Å². The van der Waals surface area contributed by atoms with E-state index in [4.69, 9.17) is 0 Å². The van der Waals surface area contributed by atoms with Gasteiger partial charge in [-0.3, -0.25) is 9.00 Å². The van der Waals surface area contributed by atoms with Crippen LogP contribution in [0.25, 0.3) is 0 Å². The lowest BCUT2D eigenvalue weighted by molar-refractivity contribution is -0.121. The van der Waals surface area contributed by atoms with E-state index in [1.807, 2.05) is 30.3 Å². The highest BCUT2D eigenvalue weighted by molar-refractivity contribution is 7.86. The molecule has 1 aromatic carbocycles. The summed E-state index contributed by atoms with van der Waals surface area (Å²) in [4.78, 5) is 12.7. The van der Waals surface area contributed by atoms with Crippen LogP contribution in [0, 0.1) is 5.41 Å². The lowest BCUT2D eigenvalue weighted by atomic mass is 9.77. The molecule has 0 radical (unpaired) electrons. The van der Waals surface area contributed by atoms with Crippen LogP contribution in [0.15, 0.2) is 35.2 Å². The van der Waals surface area contributed by atoms with Crippen LogP contribution in [-0.4, -0.2) is 15.2 Å². The number of hydrogen-bond donors (Lipinski definition) is 0. The summed E-state index contributed by atoms with van der Waals surface area (Å²) in [5, 5.41) is -0.318. The van der Waals surface area contributed by atoms with Gasteiger partial charge in [-0.2, -0.15) is 0 Å². The van der Waals surface area contributed by atoms with Gasteiger partial charge in [0.05, 0.1) is 16.0 Å². The molecular formula is C14H18O2S. The van der Waals surface area contributed by atoms with Crippen molar-refractivity contribution in [3.05, 3.63) is 30.3 Å². The zero-order valence-corrected chi connectivity index (χ0v) is 11.1. The zero-order valence-electron chi connectivity index (χ0n) is 10.3. The molecule has 0 aromatic heterocycles. The molecule has 0 heterocycles. The highest BCUT2D eigenvalue weighted by Crippen LogP contribution is 2.36. The quantitative estimate of drug-likeness (QED) is 0.808. The van der Waals surface area contributed by atoms with Gasteiger partial charge in [0.15, 0.2) is 0 Å². The largest absolute Gasteiger partial charge is 0.298 e. The number of carbonyl (C=O) groups excluding carboxylic acids is 1. The van der Waals surface area contributed by atoms with Crippen LogP contribution >= 0.6 is 0 Å². The van der Waals surface area contributed by atoms with Gasteiger partial charge < -0.3 is 0 Å². The topological polar surface area (TPSA) is 34.1 Å². The Labute approximate surface area is 105 Å². The van der Waals surface area contributed by atoms with Crippen molar-refractivity contribution in [2.24, 2.45) is 5.41 Å². The van der Waals surface area contributed by atoms with Crippen molar-refractivity contribution in [1.82, 2.24) is 0 Å². The summed E-state index contributed by atoms with van der Waals surface area (Å²) in [6, 6.07) is 9.31. The molecule has 0 saturated heterocycles. The SMILES string of the molecule is CC1(C)CCC(=O)[C@H](S(=O)c2ccccc2)C1. The van der Waals surface area contributed by atoms with E-state index in [1.165, 1.54) is 0 Å². The summed E-state index contributed by atoms with van der Waals surface area (Å²) < 4.78 is 12.4. The van der Waals surface area contributed by atoms with Crippen LogP contribution in [0.4, 0.5) is 0 Å². The fraction of sp³-hybridized carbons (Fsp3) is 0.500. The molecule has 2 rings (SSSR count). The molecule has 0 aliphatic heterocycles. The summed E-state index contributed by atoms with van der Waals surface area (Å²) >= 11 is 0. The van der Waals surface area contributed by atoms with Gasteiger partial charge in [0, 0.05) is 11.3 Å². The third kappa shape index (κ3) is 2.83. The molecule has 2 nitrogen and oxygen atoms in total. The molecule has 1 unspecified atom stereocenters. The number of rotatable bonds is 2. The van der Waals surface area contributed by atoms with Crippen molar-refractivity contribution in [1.29, 1.82) is 0 Å². The first-order chi connectivity index (χ1) is 7.99. The predicted molar refractivity (Wildman–Crippen MR) is 69.3 cm³/mol. The zero-order chi connectivity index (χ0) is 12.5. The molecule has 2 atom stereocenters. The minimum absolute atomic E-state index is 0.128. The van der Waals surface area contributed by atoms with Gasteiger partial charge in [-0.15, -0.1) is 0 Å². The molecule has 3 heteroatoms. The Hall–Kier alpha value is -0.960. The summed E-state index contributed by atoms with van der Waals surface area (Å²) in [7, 11) is -1.20. The molecule has 1 fully saturated rings. The Bertz CT molecular complexity index is 437. The van der Waals surface area contributed by atoms with Gasteiger partial charge in [0.2, 0.25) is 0 Å². The number of Topliss-reactive ketones (excluding diaryl/α,β-unsaturated/α-hetero) is 1. The van der Waals surface area contributed by atoms with E-state index in [0.717, 1.165) is 17.7 Å². The summed E-state index contributed by atoms with van der Waals surface area (Å²) in [6.07, 6.45) is 2.21. The average molecular weight is 250 g/mol. The van der Waals surface area contributed by atoms with E-state index < -0.39 is 10.8 Å². The Morgan fingerprint density at radius 3 is 2.53 bits per heavy atom. The van der Waals surface area contributed by atoms with Gasteiger partial charge >= 0.3 is 0 Å². The summed E-state index contributed by atoms with van der Waals surface area (Å²) in [5.41, 5.74) is 0.128. The Kier molecular flexibility index (Phi) is 3.48. The van der Waals surface area contributed by atoms with E-state index in [2.05, 4.69) is 13.8 Å². The maximum absolute atomic E-state index is 12.4. The second-order valence-corrected chi connectivity index (χ2v) is 7.07. The Morgan fingerprint density at radius 2 is 1.88 bits per heavy atom. The molecular weight excluding hydrogens is 232 g/mol. The fourth-order valence-corrected chi connectivity index (χ4v) is 3.97. The highest BCUT2D eigenvalue weighted by atomic mass is 32.2. The third-order valence-corrected chi connectivity index (χ3v) is 5.06. The van der Waals surface area contributed by atoms with E-state index in [1.54, 1.807) is 0 Å². The molecule has 1 aromatic rings. The Morgan fingerprint density at radius 1 is 1.24 bits per heavy atom. The van der Waals surface area contributed by atoms with E-state index in [-0.39, 0.29) is 16.4 Å². The molecule has 1 aliphatic rings. The van der Waals surface area contributed by atoms with Crippen molar-refractivity contribution in [3.63, 3.8) is 0 Å². The molecule has 0 amide bonds. The van der Waals surface area contributed by atoms with E-state index >= 15 is 0 Å². The fourth-order valence-electron chi connectivity index (χ4n) is 2.25. The van der Waals surface area contributed by atoms with Crippen LogP contribution in [0.3, 0.4) is 0 Å². The maximum Gasteiger partial charge on any atom is 0.148 e. The van der Waals surface area contributed by atoms with Crippen LogP contribution in [0.5, 0.6) is 0 Å². The maximum atomic E-state index is 12.4. The van der Waals surface area contributed by atoms with Gasteiger partial charge in [-0.25, -0.2) is 0 Å². The number of ketones is 1. The van der Waals surface area contributed by atoms with Crippen LogP contribution in [0.1, 0.15) is 33.1 Å². The number of hydrogen-bond acceptors (Lipinski definition) is 2. The minimum atomic E-state index is -1.20. The molecule has 17 heavy (non-hydrogen) atoms. The van der Waals surface area contributed by atoms with Crippen molar-refractivity contribution in [3.8, 4) is 0 Å². The van der Waals surface area contributed by atoms with Gasteiger partial charge in [-0.05, 0) is 30.4 Å². The van der Waals surface area contributed by atoms with E-state index in [0.29, 0.717) is 6.42 Å². The molecule has 1 saturated carbocycles. The molecule has 92 valence electrons. The summed E-state index contributed by atoms with van der Waals surface area (Å²) in [6.45, 7) is 4.29. The van der Waals surface area contributed by atoms with Crippen molar-refractivity contribution < 1.29 is 9.00 Å². The first-order valence-corrected chi connectivity index (χ1v) is 7.19. The molecule has 0 spiro atoms. The standard InChI is InChI=1S/C14H18O2S/c1-14(2)9-8-12(15)13(10-14)17(16)11-6-4-3-5-7-11/h3-7,13H,8-10H2,1-2H3/t13-,17?/m1/s1. The second kappa shape index (κ2) is 4.73. The number of benzene rings is 1. The molecule has 0 bridgehead atoms. The smallest absolute Gasteiger partial charge is 0.148 e. The number of carbonyl (C=O) groups is 1. The van der Waals surface area contributed by atoms with E-state index in [9.17, 15) is 9.00 Å². The first kappa shape index (κ1) is 12.5. The Balaban J connectivity index is 2.21. The molecule has 0 N–H and O–H groups in total. The third-order valence-electron chi connectivity index (χ3n) is 3.38. The second-order valence-electron chi connectivity index (χ2n) is 5.43. The van der Waals surface area contributed by atoms with Crippen molar-refractivity contribution in [2.45, 2.75) is 43.3 Å². The first-order valence-electron chi connectivity index (χ1n) is 5.98. The van der Waals surface area contributed by atoms with Gasteiger partial charge in [-0.1, -0.05) is 32.0 Å². The lowest BCUT2D eigenvalue weighted by Gasteiger charge is -2.33. The van der Waals surface area contributed by atoms with Crippen molar-refractivity contribution in [2.75, 3.05) is 0 Å². The van der Waals surface area contributed by atoms with Crippen LogP contribution in [0.2, 0.25) is 0 Å². The van der Waals surface area contributed by atoms with Crippen LogP contribution in [-0.2, 0) is 15.6 Å². The highest BCUT2D eigenvalue weighted by Gasteiger charge is 2.37. The van der Waals surface area contributed by atoms with Gasteiger partial charge in [0.1, 0.15) is 5.78 Å². The minimum Gasteiger partial charge on any atom is -0.298 e. The molecule has 1 aliphatic carbocycles. The predicted octanol–water partition coefficient (Wildman–Crippen LogP) is 2.94.